The van der Waals surface area contributed by atoms with Crippen molar-refractivity contribution in [3.05, 3.63) is 52.1 Å². The van der Waals surface area contributed by atoms with Gasteiger partial charge in [0.15, 0.2) is 17.3 Å². The van der Waals surface area contributed by atoms with Crippen molar-refractivity contribution in [2.45, 2.75) is 12.5 Å². The van der Waals surface area contributed by atoms with Gasteiger partial charge in [-0.25, -0.2) is 0 Å². The molecule has 0 saturated carbocycles. The molecule has 126 valence electrons. The van der Waals surface area contributed by atoms with E-state index in [1.807, 2.05) is 0 Å². The molecule has 1 aliphatic heterocycles. The van der Waals surface area contributed by atoms with E-state index in [4.69, 9.17) is 4.74 Å². The zero-order valence-corrected chi connectivity index (χ0v) is 13.1. The van der Waals surface area contributed by atoms with E-state index in [0.717, 1.165) is 0 Å². The molecule has 4 rings (SSSR count). The Balaban J connectivity index is 2.08. The summed E-state index contributed by atoms with van der Waals surface area (Å²) in [6.45, 7) is 0. The largest absolute Gasteiger partial charge is 0.505 e. The lowest BCUT2D eigenvalue weighted by Crippen LogP contribution is -2.35. The van der Waals surface area contributed by atoms with Crippen LogP contribution in [0, 0.1) is 0 Å². The number of hydrogen-bond donors (Lipinski definition) is 3. The molecule has 1 heterocycles. The molecule has 0 spiro atoms. The molecule has 0 aromatic heterocycles. The molecule has 0 bridgehead atoms. The number of phenols is 1. The SMILES string of the molecule is COc1c2c(c(O)c3c1C(=O)c1ccccc1C3=O)NC(=O)C(O)C2. The summed E-state index contributed by atoms with van der Waals surface area (Å²) >= 11 is 0. The number of amides is 1. The predicted octanol–water partition coefficient (Wildman–Crippen LogP) is 1.03. The average molecular weight is 339 g/mol. The minimum Gasteiger partial charge on any atom is -0.505 e. The average Bonchev–Trinajstić information content (AvgIpc) is 2.61. The summed E-state index contributed by atoms with van der Waals surface area (Å²) in [5.41, 5.74) is 0.428. The predicted molar refractivity (Wildman–Crippen MR) is 86.3 cm³/mol. The van der Waals surface area contributed by atoms with Crippen molar-refractivity contribution in [2.24, 2.45) is 0 Å². The van der Waals surface area contributed by atoms with Gasteiger partial charge >= 0.3 is 0 Å². The molecular formula is C18H13NO6. The van der Waals surface area contributed by atoms with Crippen LogP contribution in [0.25, 0.3) is 0 Å². The molecule has 1 atom stereocenters. The zero-order chi connectivity index (χ0) is 17.9. The van der Waals surface area contributed by atoms with Crippen molar-refractivity contribution >= 4 is 23.2 Å². The fraction of sp³-hybridized carbons (Fsp3) is 0.167. The molecule has 0 radical (unpaired) electrons. The Labute approximate surface area is 141 Å². The number of aliphatic hydroxyl groups is 1. The fourth-order valence-electron chi connectivity index (χ4n) is 3.40. The van der Waals surface area contributed by atoms with E-state index in [0.29, 0.717) is 0 Å². The van der Waals surface area contributed by atoms with Gasteiger partial charge in [-0.05, 0) is 0 Å². The Hall–Kier alpha value is -3.19. The highest BCUT2D eigenvalue weighted by molar-refractivity contribution is 6.31. The molecule has 2 aromatic carbocycles. The Morgan fingerprint density at radius 1 is 1.08 bits per heavy atom. The van der Waals surface area contributed by atoms with Crippen LogP contribution >= 0.6 is 0 Å². The third-order valence-corrected chi connectivity index (χ3v) is 4.55. The number of nitrogens with one attached hydrogen (secondary N) is 1. The first-order chi connectivity index (χ1) is 12.0. The molecule has 7 heteroatoms. The number of carbonyl (C=O) groups excluding carboxylic acids is 3. The topological polar surface area (TPSA) is 113 Å². The highest BCUT2D eigenvalue weighted by Crippen LogP contribution is 2.47. The van der Waals surface area contributed by atoms with Crippen LogP contribution in [-0.4, -0.2) is 40.9 Å². The third-order valence-electron chi connectivity index (χ3n) is 4.55. The number of fused-ring (bicyclic) bond motifs is 3. The van der Waals surface area contributed by atoms with Gasteiger partial charge in [-0.1, -0.05) is 24.3 Å². The van der Waals surface area contributed by atoms with Crippen molar-refractivity contribution in [3.63, 3.8) is 0 Å². The number of hydrogen-bond acceptors (Lipinski definition) is 6. The van der Waals surface area contributed by atoms with Crippen LogP contribution in [0.4, 0.5) is 5.69 Å². The Bertz CT molecular complexity index is 978. The first-order valence-electron chi connectivity index (χ1n) is 7.58. The van der Waals surface area contributed by atoms with E-state index in [1.165, 1.54) is 19.2 Å². The van der Waals surface area contributed by atoms with Crippen LogP contribution in [0.15, 0.2) is 24.3 Å². The molecule has 3 N–H and O–H groups in total. The highest BCUT2D eigenvalue weighted by atomic mass is 16.5. The lowest BCUT2D eigenvalue weighted by atomic mass is 9.80. The van der Waals surface area contributed by atoms with E-state index in [9.17, 15) is 24.6 Å². The second-order valence-electron chi connectivity index (χ2n) is 5.90. The van der Waals surface area contributed by atoms with Gasteiger partial charge in [0.1, 0.15) is 11.9 Å². The third kappa shape index (κ3) is 1.93. The number of aliphatic hydroxyl groups excluding tert-OH is 1. The first kappa shape index (κ1) is 15.3. The van der Waals surface area contributed by atoms with Gasteiger partial charge in [0.05, 0.1) is 23.9 Å². The summed E-state index contributed by atoms with van der Waals surface area (Å²) < 4.78 is 5.34. The summed E-state index contributed by atoms with van der Waals surface area (Å²) in [6.07, 6.45) is -1.46. The number of benzene rings is 2. The zero-order valence-electron chi connectivity index (χ0n) is 13.1. The van der Waals surface area contributed by atoms with Crippen LogP contribution in [0.3, 0.4) is 0 Å². The van der Waals surface area contributed by atoms with Crippen molar-refractivity contribution < 1.29 is 29.3 Å². The maximum absolute atomic E-state index is 12.9. The maximum atomic E-state index is 12.9. The lowest BCUT2D eigenvalue weighted by molar-refractivity contribution is -0.124. The van der Waals surface area contributed by atoms with Gasteiger partial charge in [-0.2, -0.15) is 0 Å². The molecule has 0 fully saturated rings. The van der Waals surface area contributed by atoms with Crippen molar-refractivity contribution in [1.82, 2.24) is 0 Å². The molecule has 1 amide bonds. The monoisotopic (exact) mass is 339 g/mol. The Kier molecular flexibility index (Phi) is 3.16. The molecule has 1 unspecified atom stereocenters. The van der Waals surface area contributed by atoms with Gasteiger partial charge in [0.25, 0.3) is 5.91 Å². The molecule has 7 nitrogen and oxygen atoms in total. The molecule has 2 aromatic rings. The van der Waals surface area contributed by atoms with E-state index < -0.39 is 29.3 Å². The molecular weight excluding hydrogens is 326 g/mol. The summed E-state index contributed by atoms with van der Waals surface area (Å²) in [5.74, 6) is -2.08. The van der Waals surface area contributed by atoms with Crippen LogP contribution in [0.5, 0.6) is 11.5 Å². The second kappa shape index (κ2) is 5.15. The van der Waals surface area contributed by atoms with Crippen LogP contribution < -0.4 is 10.1 Å². The van der Waals surface area contributed by atoms with Crippen molar-refractivity contribution in [2.75, 3.05) is 12.4 Å². The van der Waals surface area contributed by atoms with Crippen LogP contribution in [0.2, 0.25) is 0 Å². The quantitative estimate of drug-likeness (QED) is 0.571. The van der Waals surface area contributed by atoms with E-state index >= 15 is 0 Å². The first-order valence-corrected chi connectivity index (χ1v) is 7.58. The molecule has 1 aliphatic carbocycles. The maximum Gasteiger partial charge on any atom is 0.253 e. The second-order valence-corrected chi connectivity index (χ2v) is 5.90. The summed E-state index contributed by atoms with van der Waals surface area (Å²) in [4.78, 5) is 37.5. The number of phenolic OH excluding ortho intramolecular Hbond substituents is 1. The Morgan fingerprint density at radius 2 is 1.68 bits per heavy atom. The number of ether oxygens (including phenoxy) is 1. The van der Waals surface area contributed by atoms with Crippen molar-refractivity contribution in [3.8, 4) is 11.5 Å². The summed E-state index contributed by atoms with van der Waals surface area (Å²) in [7, 11) is 1.33. The van der Waals surface area contributed by atoms with E-state index in [-0.39, 0.29) is 45.7 Å². The smallest absolute Gasteiger partial charge is 0.253 e. The number of ketones is 2. The van der Waals surface area contributed by atoms with Gasteiger partial charge in [0.2, 0.25) is 0 Å². The standard InChI is InChI=1S/C18H13NO6/c1-25-17-9-6-10(20)18(24)19-13(9)16(23)11-12(17)15(22)8-5-3-2-4-7(8)14(11)21/h2-5,10,20,23H,6H2,1H3,(H,19,24). The van der Waals surface area contributed by atoms with Crippen LogP contribution in [0.1, 0.15) is 37.4 Å². The van der Waals surface area contributed by atoms with E-state index in [1.54, 1.807) is 12.1 Å². The van der Waals surface area contributed by atoms with Gasteiger partial charge in [0, 0.05) is 23.1 Å². The van der Waals surface area contributed by atoms with Gasteiger partial charge < -0.3 is 20.3 Å². The molecule has 25 heavy (non-hydrogen) atoms. The minimum absolute atomic E-state index is 0.00793. The fourth-order valence-corrected chi connectivity index (χ4v) is 3.40. The lowest BCUT2D eigenvalue weighted by Gasteiger charge is -2.29. The normalized spacial score (nSPS) is 18.2. The van der Waals surface area contributed by atoms with Gasteiger partial charge in [-0.15, -0.1) is 0 Å². The highest BCUT2D eigenvalue weighted by Gasteiger charge is 2.40. The molecule has 0 saturated heterocycles. The Morgan fingerprint density at radius 3 is 2.28 bits per heavy atom. The van der Waals surface area contributed by atoms with Gasteiger partial charge in [-0.3, -0.25) is 14.4 Å². The number of anilines is 1. The van der Waals surface area contributed by atoms with E-state index in [2.05, 4.69) is 5.32 Å². The summed E-state index contributed by atoms with van der Waals surface area (Å²) in [6, 6.07) is 6.31. The number of carbonyl (C=O) groups is 3. The van der Waals surface area contributed by atoms with Crippen molar-refractivity contribution in [1.29, 1.82) is 0 Å². The minimum atomic E-state index is -1.33. The summed E-state index contributed by atoms with van der Waals surface area (Å²) in [5, 5.41) is 22.8. The molecule has 2 aliphatic rings. The number of methoxy groups -OCH3 is 1. The number of rotatable bonds is 1. The number of aromatic hydroxyl groups is 1. The van der Waals surface area contributed by atoms with Crippen LogP contribution in [-0.2, 0) is 11.2 Å².